The number of benzene rings is 1. The van der Waals surface area contributed by atoms with Gasteiger partial charge in [-0.25, -0.2) is 0 Å². The van der Waals surface area contributed by atoms with Crippen molar-refractivity contribution in [1.29, 1.82) is 0 Å². The number of para-hydroxylation sites is 1. The van der Waals surface area contributed by atoms with E-state index in [4.69, 9.17) is 5.11 Å². The van der Waals surface area contributed by atoms with Crippen LogP contribution < -0.4 is 10.6 Å². The van der Waals surface area contributed by atoms with E-state index in [-0.39, 0.29) is 18.4 Å². The van der Waals surface area contributed by atoms with Crippen LogP contribution >= 0.6 is 0 Å². The lowest BCUT2D eigenvalue weighted by Gasteiger charge is -2.20. The van der Waals surface area contributed by atoms with E-state index in [0.717, 1.165) is 17.7 Å². The first-order valence-corrected chi connectivity index (χ1v) is 6.77. The molecule has 0 fully saturated rings. The molecule has 0 spiro atoms. The standard InChI is InChI=1S/C15H22N2O3/c1-4-10(2)14(15(19)20)16-9-13(18)17-12-8-6-5-7-11(12)3/h5-8,10,14,16H,4,9H2,1-3H3,(H,17,18)(H,19,20)/t10-,14-/m0/s1. The molecule has 0 bridgehead atoms. The van der Waals surface area contributed by atoms with Crippen molar-refractivity contribution in [2.75, 3.05) is 11.9 Å². The number of carbonyl (C=O) groups is 2. The van der Waals surface area contributed by atoms with Gasteiger partial charge in [-0.15, -0.1) is 0 Å². The van der Waals surface area contributed by atoms with Crippen molar-refractivity contribution in [2.24, 2.45) is 5.92 Å². The second kappa shape index (κ2) is 7.65. The Morgan fingerprint density at radius 1 is 1.30 bits per heavy atom. The van der Waals surface area contributed by atoms with Crippen LogP contribution in [0.1, 0.15) is 25.8 Å². The van der Waals surface area contributed by atoms with E-state index < -0.39 is 12.0 Å². The fraction of sp³-hybridized carbons (Fsp3) is 0.467. The predicted octanol–water partition coefficient (Wildman–Crippen LogP) is 2.02. The molecule has 0 aliphatic heterocycles. The summed E-state index contributed by atoms with van der Waals surface area (Å²) < 4.78 is 0. The van der Waals surface area contributed by atoms with Gasteiger partial charge in [-0.2, -0.15) is 0 Å². The minimum Gasteiger partial charge on any atom is -0.480 e. The van der Waals surface area contributed by atoms with Crippen LogP contribution in [0.3, 0.4) is 0 Å². The molecule has 0 saturated carbocycles. The number of aliphatic carboxylic acids is 1. The van der Waals surface area contributed by atoms with Gasteiger partial charge in [-0.3, -0.25) is 14.9 Å². The van der Waals surface area contributed by atoms with E-state index in [9.17, 15) is 9.59 Å². The highest BCUT2D eigenvalue weighted by molar-refractivity contribution is 5.93. The first kappa shape index (κ1) is 16.2. The molecule has 1 aromatic rings. The molecule has 20 heavy (non-hydrogen) atoms. The monoisotopic (exact) mass is 278 g/mol. The zero-order chi connectivity index (χ0) is 15.1. The summed E-state index contributed by atoms with van der Waals surface area (Å²) in [5.41, 5.74) is 1.72. The van der Waals surface area contributed by atoms with Gasteiger partial charge in [0, 0.05) is 5.69 Å². The molecule has 0 saturated heterocycles. The maximum Gasteiger partial charge on any atom is 0.320 e. The highest BCUT2D eigenvalue weighted by Crippen LogP contribution is 2.13. The lowest BCUT2D eigenvalue weighted by atomic mass is 9.99. The van der Waals surface area contributed by atoms with Gasteiger partial charge in [0.05, 0.1) is 6.54 Å². The molecule has 1 amide bonds. The maximum atomic E-state index is 11.8. The average Bonchev–Trinajstić information content (AvgIpc) is 2.41. The van der Waals surface area contributed by atoms with Crippen molar-refractivity contribution >= 4 is 17.6 Å². The quantitative estimate of drug-likeness (QED) is 0.713. The Hall–Kier alpha value is -1.88. The molecule has 3 N–H and O–H groups in total. The first-order chi connectivity index (χ1) is 9.45. The lowest BCUT2D eigenvalue weighted by Crippen LogP contribution is -2.45. The summed E-state index contributed by atoms with van der Waals surface area (Å²) in [4.78, 5) is 23.0. The van der Waals surface area contributed by atoms with Crippen molar-refractivity contribution in [3.8, 4) is 0 Å². The molecule has 0 aliphatic carbocycles. The molecule has 0 heterocycles. The molecule has 5 nitrogen and oxygen atoms in total. The minimum absolute atomic E-state index is 0.0182. The van der Waals surface area contributed by atoms with Gasteiger partial charge in [0.2, 0.25) is 5.91 Å². The van der Waals surface area contributed by atoms with Gasteiger partial charge in [-0.1, -0.05) is 38.5 Å². The van der Waals surface area contributed by atoms with Crippen LogP contribution in [-0.2, 0) is 9.59 Å². The third-order valence-electron chi connectivity index (χ3n) is 3.38. The second-order valence-corrected chi connectivity index (χ2v) is 4.95. The molecule has 0 aromatic heterocycles. The molecule has 5 heteroatoms. The molecule has 110 valence electrons. The third kappa shape index (κ3) is 4.66. The van der Waals surface area contributed by atoms with Crippen molar-refractivity contribution in [2.45, 2.75) is 33.2 Å². The maximum absolute atomic E-state index is 11.8. The van der Waals surface area contributed by atoms with Gasteiger partial charge in [-0.05, 0) is 24.5 Å². The van der Waals surface area contributed by atoms with E-state index in [1.807, 2.05) is 45.0 Å². The zero-order valence-corrected chi connectivity index (χ0v) is 12.1. The molecule has 0 radical (unpaired) electrons. The zero-order valence-electron chi connectivity index (χ0n) is 12.1. The van der Waals surface area contributed by atoms with Gasteiger partial charge in [0.1, 0.15) is 6.04 Å². The fourth-order valence-electron chi connectivity index (χ4n) is 1.88. The Morgan fingerprint density at radius 3 is 2.50 bits per heavy atom. The van der Waals surface area contributed by atoms with Gasteiger partial charge >= 0.3 is 5.97 Å². The third-order valence-corrected chi connectivity index (χ3v) is 3.38. The summed E-state index contributed by atoms with van der Waals surface area (Å²) >= 11 is 0. The van der Waals surface area contributed by atoms with Crippen LogP contribution in [0.4, 0.5) is 5.69 Å². The number of carboxylic acids is 1. The Kier molecular flexibility index (Phi) is 6.18. The van der Waals surface area contributed by atoms with Crippen LogP contribution in [0.15, 0.2) is 24.3 Å². The highest BCUT2D eigenvalue weighted by Gasteiger charge is 2.23. The predicted molar refractivity (Wildman–Crippen MR) is 78.7 cm³/mol. The van der Waals surface area contributed by atoms with Crippen LogP contribution in [-0.4, -0.2) is 29.6 Å². The van der Waals surface area contributed by atoms with Crippen LogP contribution in [0.25, 0.3) is 0 Å². The summed E-state index contributed by atoms with van der Waals surface area (Å²) in [6, 6.07) is 6.75. The first-order valence-electron chi connectivity index (χ1n) is 6.77. The number of rotatable bonds is 7. The lowest BCUT2D eigenvalue weighted by molar-refractivity contribution is -0.140. The summed E-state index contributed by atoms with van der Waals surface area (Å²) in [5, 5.41) is 14.7. The van der Waals surface area contributed by atoms with Crippen molar-refractivity contribution in [1.82, 2.24) is 5.32 Å². The number of aryl methyl sites for hydroxylation is 1. The number of nitrogens with one attached hydrogen (secondary N) is 2. The van der Waals surface area contributed by atoms with E-state index in [1.165, 1.54) is 0 Å². The number of amides is 1. The number of hydrogen-bond acceptors (Lipinski definition) is 3. The topological polar surface area (TPSA) is 78.4 Å². The number of carboxylic acid groups (broad SMARTS) is 1. The summed E-state index contributed by atoms with van der Waals surface area (Å²) in [6.45, 7) is 5.67. The van der Waals surface area contributed by atoms with E-state index >= 15 is 0 Å². The summed E-state index contributed by atoms with van der Waals surface area (Å²) in [7, 11) is 0. The average molecular weight is 278 g/mol. The van der Waals surface area contributed by atoms with Gasteiger partial charge in [0.25, 0.3) is 0 Å². The van der Waals surface area contributed by atoms with Crippen LogP contribution in [0.5, 0.6) is 0 Å². The second-order valence-electron chi connectivity index (χ2n) is 4.95. The summed E-state index contributed by atoms with van der Waals surface area (Å²) in [6.07, 6.45) is 0.739. The fourth-order valence-corrected chi connectivity index (χ4v) is 1.88. The van der Waals surface area contributed by atoms with Crippen molar-refractivity contribution in [3.05, 3.63) is 29.8 Å². The molecular formula is C15H22N2O3. The number of hydrogen-bond donors (Lipinski definition) is 3. The number of anilines is 1. The largest absolute Gasteiger partial charge is 0.480 e. The normalized spacial score (nSPS) is 13.6. The van der Waals surface area contributed by atoms with Gasteiger partial charge in [0.15, 0.2) is 0 Å². The molecule has 2 atom stereocenters. The summed E-state index contributed by atoms with van der Waals surface area (Å²) in [5.74, 6) is -1.20. The Balaban J connectivity index is 2.54. The minimum atomic E-state index is -0.928. The van der Waals surface area contributed by atoms with Crippen LogP contribution in [0, 0.1) is 12.8 Å². The van der Waals surface area contributed by atoms with E-state index in [1.54, 1.807) is 0 Å². The molecule has 0 unspecified atom stereocenters. The molecule has 1 aromatic carbocycles. The SMILES string of the molecule is CC[C@H](C)[C@H](NCC(=O)Nc1ccccc1C)C(=O)O. The smallest absolute Gasteiger partial charge is 0.320 e. The Morgan fingerprint density at radius 2 is 1.95 bits per heavy atom. The molecule has 0 aliphatic rings. The van der Waals surface area contributed by atoms with Crippen molar-refractivity contribution < 1.29 is 14.7 Å². The van der Waals surface area contributed by atoms with Crippen LogP contribution in [0.2, 0.25) is 0 Å². The number of carbonyl (C=O) groups excluding carboxylic acids is 1. The Labute approximate surface area is 119 Å². The van der Waals surface area contributed by atoms with E-state index in [0.29, 0.717) is 0 Å². The van der Waals surface area contributed by atoms with Crippen molar-refractivity contribution in [3.63, 3.8) is 0 Å². The molecule has 1 rings (SSSR count). The Bertz CT molecular complexity index is 474. The van der Waals surface area contributed by atoms with Gasteiger partial charge < -0.3 is 10.4 Å². The molecular weight excluding hydrogens is 256 g/mol. The van der Waals surface area contributed by atoms with E-state index in [2.05, 4.69) is 10.6 Å². The highest BCUT2D eigenvalue weighted by atomic mass is 16.4.